The molecule has 1 saturated heterocycles. The lowest BCUT2D eigenvalue weighted by Crippen LogP contribution is -2.44. The van der Waals surface area contributed by atoms with Crippen LogP contribution in [0.5, 0.6) is 0 Å². The van der Waals surface area contributed by atoms with E-state index in [0.29, 0.717) is 0 Å². The van der Waals surface area contributed by atoms with Crippen LogP contribution in [0.15, 0.2) is 12.3 Å². The van der Waals surface area contributed by atoms with Gasteiger partial charge in [0.15, 0.2) is 0 Å². The van der Waals surface area contributed by atoms with E-state index >= 15 is 0 Å². The van der Waals surface area contributed by atoms with Gasteiger partial charge in [-0.3, -0.25) is 9.58 Å². The van der Waals surface area contributed by atoms with Crippen molar-refractivity contribution in [2.45, 2.75) is 20.0 Å². The summed E-state index contributed by atoms with van der Waals surface area (Å²) >= 11 is 0. The minimum Gasteiger partial charge on any atom is -0.304 e. The molecule has 1 aliphatic rings. The Hall–Kier alpha value is -0.870. The zero-order chi connectivity index (χ0) is 10.7. The molecule has 0 N–H and O–H groups in total. The molecule has 0 unspecified atom stereocenters. The Labute approximate surface area is 91.5 Å². The van der Waals surface area contributed by atoms with Gasteiger partial charge in [-0.1, -0.05) is 0 Å². The highest BCUT2D eigenvalue weighted by Crippen LogP contribution is 2.07. The van der Waals surface area contributed by atoms with Crippen molar-refractivity contribution in [1.82, 2.24) is 19.6 Å². The number of aryl methyl sites for hydroxylation is 1. The normalized spacial score (nSPS) is 19.6. The number of hydrogen-bond donors (Lipinski definition) is 0. The van der Waals surface area contributed by atoms with Crippen molar-refractivity contribution in [2.24, 2.45) is 0 Å². The first-order valence-electron chi connectivity index (χ1n) is 5.71. The fourth-order valence-electron chi connectivity index (χ4n) is 2.01. The molecule has 0 radical (unpaired) electrons. The molecule has 0 atom stereocenters. The van der Waals surface area contributed by atoms with Gasteiger partial charge in [0.1, 0.15) is 0 Å². The van der Waals surface area contributed by atoms with Crippen molar-refractivity contribution in [1.29, 1.82) is 0 Å². The van der Waals surface area contributed by atoms with E-state index in [1.54, 1.807) is 0 Å². The zero-order valence-corrected chi connectivity index (χ0v) is 9.69. The third-order valence-corrected chi connectivity index (χ3v) is 3.09. The van der Waals surface area contributed by atoms with E-state index < -0.39 is 0 Å². The second kappa shape index (κ2) is 4.77. The van der Waals surface area contributed by atoms with Gasteiger partial charge in [-0.15, -0.1) is 0 Å². The fourth-order valence-corrected chi connectivity index (χ4v) is 2.01. The lowest BCUT2D eigenvalue weighted by atomic mass is 10.3. The maximum absolute atomic E-state index is 4.29. The van der Waals surface area contributed by atoms with E-state index in [9.17, 15) is 0 Å². The summed E-state index contributed by atoms with van der Waals surface area (Å²) in [7, 11) is 2.19. The molecule has 2 rings (SSSR count). The van der Waals surface area contributed by atoms with Gasteiger partial charge in [-0.25, -0.2) is 0 Å². The number of aromatic nitrogens is 2. The van der Waals surface area contributed by atoms with E-state index in [0.717, 1.165) is 13.1 Å². The van der Waals surface area contributed by atoms with E-state index in [4.69, 9.17) is 0 Å². The Morgan fingerprint density at radius 3 is 2.67 bits per heavy atom. The van der Waals surface area contributed by atoms with Crippen molar-refractivity contribution >= 4 is 0 Å². The van der Waals surface area contributed by atoms with Crippen LogP contribution < -0.4 is 0 Å². The summed E-state index contributed by atoms with van der Waals surface area (Å²) in [6.45, 7) is 8.86. The highest BCUT2D eigenvalue weighted by molar-refractivity contribution is 5.00. The highest BCUT2D eigenvalue weighted by atomic mass is 15.3. The molecule has 0 aromatic carbocycles. The SMILES string of the molecule is CCn1nccc1CN1CCN(C)CC1. The standard InChI is InChI=1S/C11H20N4/c1-3-15-11(4-5-12-15)10-14-8-6-13(2)7-9-14/h4-5H,3,6-10H2,1-2H3. The Balaban J connectivity index is 1.91. The monoisotopic (exact) mass is 208 g/mol. The molecule has 4 heteroatoms. The minimum atomic E-state index is 0.968. The summed E-state index contributed by atoms with van der Waals surface area (Å²) in [5.74, 6) is 0. The van der Waals surface area contributed by atoms with Gasteiger partial charge in [0.25, 0.3) is 0 Å². The number of nitrogens with zero attached hydrogens (tertiary/aromatic N) is 4. The maximum atomic E-state index is 4.29. The topological polar surface area (TPSA) is 24.3 Å². The predicted molar refractivity (Wildman–Crippen MR) is 60.7 cm³/mol. The molecular formula is C11H20N4. The predicted octanol–water partition coefficient (Wildman–Crippen LogP) is 0.650. The summed E-state index contributed by atoms with van der Waals surface area (Å²) in [5, 5.41) is 4.29. The highest BCUT2D eigenvalue weighted by Gasteiger charge is 2.15. The molecule has 4 nitrogen and oxygen atoms in total. The maximum Gasteiger partial charge on any atom is 0.0524 e. The molecule has 1 aromatic rings. The third-order valence-electron chi connectivity index (χ3n) is 3.09. The van der Waals surface area contributed by atoms with E-state index in [1.807, 2.05) is 6.20 Å². The molecule has 84 valence electrons. The third kappa shape index (κ3) is 2.58. The Morgan fingerprint density at radius 1 is 1.27 bits per heavy atom. The average molecular weight is 208 g/mol. The second-order valence-electron chi connectivity index (χ2n) is 4.22. The molecule has 0 saturated carbocycles. The van der Waals surface area contributed by atoms with E-state index in [-0.39, 0.29) is 0 Å². The van der Waals surface area contributed by atoms with Crippen molar-refractivity contribution < 1.29 is 0 Å². The minimum absolute atomic E-state index is 0.968. The molecule has 0 aliphatic carbocycles. The lowest BCUT2D eigenvalue weighted by Gasteiger charge is -2.32. The molecule has 15 heavy (non-hydrogen) atoms. The van der Waals surface area contributed by atoms with E-state index in [2.05, 4.69) is 39.6 Å². The largest absolute Gasteiger partial charge is 0.304 e. The summed E-state index contributed by atoms with van der Waals surface area (Å²) in [4.78, 5) is 4.89. The summed E-state index contributed by atoms with van der Waals surface area (Å²) in [5.41, 5.74) is 1.34. The van der Waals surface area contributed by atoms with Gasteiger partial charge < -0.3 is 4.90 Å². The van der Waals surface area contributed by atoms with Crippen molar-refractivity contribution in [3.8, 4) is 0 Å². The van der Waals surface area contributed by atoms with Crippen LogP contribution in [0.3, 0.4) is 0 Å². The van der Waals surface area contributed by atoms with Gasteiger partial charge in [-0.2, -0.15) is 5.10 Å². The first-order chi connectivity index (χ1) is 7.29. The molecule has 1 aliphatic heterocycles. The molecule has 0 amide bonds. The van der Waals surface area contributed by atoms with Crippen LogP contribution in [0.2, 0.25) is 0 Å². The van der Waals surface area contributed by atoms with Crippen LogP contribution in [-0.4, -0.2) is 52.8 Å². The van der Waals surface area contributed by atoms with Crippen LogP contribution >= 0.6 is 0 Å². The quantitative estimate of drug-likeness (QED) is 0.729. The summed E-state index contributed by atoms with van der Waals surface area (Å²) < 4.78 is 2.08. The van der Waals surface area contributed by atoms with Gasteiger partial charge in [0, 0.05) is 45.5 Å². The zero-order valence-electron chi connectivity index (χ0n) is 9.69. The smallest absolute Gasteiger partial charge is 0.0524 e. The van der Waals surface area contributed by atoms with Crippen LogP contribution in [-0.2, 0) is 13.1 Å². The molecule has 0 bridgehead atoms. The van der Waals surface area contributed by atoms with Crippen LogP contribution in [0.4, 0.5) is 0 Å². The Kier molecular flexibility index (Phi) is 3.38. The van der Waals surface area contributed by atoms with E-state index in [1.165, 1.54) is 31.9 Å². The average Bonchev–Trinajstić information content (AvgIpc) is 2.69. The molecule has 1 fully saturated rings. The lowest BCUT2D eigenvalue weighted by molar-refractivity contribution is 0.145. The van der Waals surface area contributed by atoms with Gasteiger partial charge in [0.05, 0.1) is 5.69 Å². The number of piperazine rings is 1. The van der Waals surface area contributed by atoms with Gasteiger partial charge in [0.2, 0.25) is 0 Å². The molecule has 2 heterocycles. The second-order valence-corrected chi connectivity index (χ2v) is 4.22. The summed E-state index contributed by atoms with van der Waals surface area (Å²) in [6.07, 6.45) is 1.90. The van der Waals surface area contributed by atoms with Crippen molar-refractivity contribution in [3.05, 3.63) is 18.0 Å². The number of hydrogen-bond acceptors (Lipinski definition) is 3. The van der Waals surface area contributed by atoms with Gasteiger partial charge >= 0.3 is 0 Å². The first kappa shape index (κ1) is 10.6. The Morgan fingerprint density at radius 2 is 2.00 bits per heavy atom. The van der Waals surface area contributed by atoms with Crippen LogP contribution in [0.1, 0.15) is 12.6 Å². The molecular weight excluding hydrogens is 188 g/mol. The van der Waals surface area contributed by atoms with Crippen molar-refractivity contribution in [2.75, 3.05) is 33.2 Å². The van der Waals surface area contributed by atoms with Crippen LogP contribution in [0, 0.1) is 0 Å². The molecule has 0 spiro atoms. The fraction of sp³-hybridized carbons (Fsp3) is 0.727. The summed E-state index contributed by atoms with van der Waals surface area (Å²) in [6, 6.07) is 2.13. The number of rotatable bonds is 3. The van der Waals surface area contributed by atoms with Crippen LogP contribution in [0.25, 0.3) is 0 Å². The van der Waals surface area contributed by atoms with Crippen molar-refractivity contribution in [3.63, 3.8) is 0 Å². The first-order valence-corrected chi connectivity index (χ1v) is 5.71. The number of likely N-dealkylation sites (N-methyl/N-ethyl adjacent to an activating group) is 1. The Bertz CT molecular complexity index is 299. The van der Waals surface area contributed by atoms with Gasteiger partial charge in [-0.05, 0) is 20.0 Å². The molecule has 1 aromatic heterocycles.